The van der Waals surface area contributed by atoms with Gasteiger partial charge >= 0.3 is 7.60 Å². The molecule has 3 nitrogen and oxygen atoms in total. The fraction of sp³-hybridized carbons (Fsp3) is 0.161. The number of hydrogen-bond acceptors (Lipinski definition) is 3. The van der Waals surface area contributed by atoms with E-state index in [1.165, 1.54) is 0 Å². The topological polar surface area (TPSA) is 35.5 Å². The second-order valence-electron chi connectivity index (χ2n) is 10.6. The number of hydrogen-bond donors (Lipinski definition) is 0. The van der Waals surface area contributed by atoms with Crippen LogP contribution >= 0.6 is 7.60 Å². The molecule has 1 aliphatic heterocycles. The normalized spacial score (nSPS) is 15.3. The zero-order valence-corrected chi connectivity index (χ0v) is 22.7. The Balaban J connectivity index is 1.63. The van der Waals surface area contributed by atoms with Gasteiger partial charge in [-0.25, -0.2) is 4.57 Å². The van der Waals surface area contributed by atoms with Crippen LogP contribution in [0, 0.1) is 0 Å². The Morgan fingerprint density at radius 2 is 1.11 bits per heavy atom. The lowest BCUT2D eigenvalue weighted by atomic mass is 9.92. The first-order valence-corrected chi connectivity index (χ1v) is 17.6. The molecule has 0 N–H and O–H groups in total. The molecule has 0 radical (unpaired) electrons. The summed E-state index contributed by atoms with van der Waals surface area (Å²) in [5.74, 6) is 1.26. The van der Waals surface area contributed by atoms with Crippen molar-refractivity contribution in [3.05, 3.63) is 109 Å². The van der Waals surface area contributed by atoms with Crippen LogP contribution in [-0.2, 0) is 11.0 Å². The second-order valence-corrected chi connectivity index (χ2v) is 18.6. The Morgan fingerprint density at radius 3 is 1.61 bits per heavy atom. The number of fused-ring (bicyclic) bond motifs is 7. The SMILES string of the molecule is C[Si](C)(C)[C@@H](Cc1ccccc1)P1(=O)Oc2ccc3ccccc3c2-c2c(ccc3ccccc23)O1. The van der Waals surface area contributed by atoms with Crippen molar-refractivity contribution in [1.82, 2.24) is 0 Å². The highest BCUT2D eigenvalue weighted by Crippen LogP contribution is 2.62. The Morgan fingerprint density at radius 1 is 0.639 bits per heavy atom. The third kappa shape index (κ3) is 3.95. The molecule has 1 atom stereocenters. The second kappa shape index (κ2) is 8.65. The van der Waals surface area contributed by atoms with Gasteiger partial charge < -0.3 is 9.05 Å². The predicted octanol–water partition coefficient (Wildman–Crippen LogP) is 9.11. The molecule has 1 heterocycles. The molecule has 1 aliphatic rings. The van der Waals surface area contributed by atoms with Crippen LogP contribution in [0.15, 0.2) is 103 Å². The molecule has 0 aromatic heterocycles. The van der Waals surface area contributed by atoms with Crippen LogP contribution in [0.3, 0.4) is 0 Å². The largest absolute Gasteiger partial charge is 0.431 e. The minimum Gasteiger partial charge on any atom is -0.415 e. The summed E-state index contributed by atoms with van der Waals surface area (Å²) in [6.45, 7) is 6.75. The molecule has 36 heavy (non-hydrogen) atoms. The van der Waals surface area contributed by atoms with E-state index in [0.29, 0.717) is 17.9 Å². The Bertz CT molecular complexity index is 1550. The van der Waals surface area contributed by atoms with E-state index in [1.807, 2.05) is 54.6 Å². The Hall–Kier alpha value is -3.33. The molecular weight excluding hydrogens is 479 g/mol. The van der Waals surface area contributed by atoms with E-state index in [9.17, 15) is 4.57 Å². The van der Waals surface area contributed by atoms with Crippen molar-refractivity contribution in [2.75, 3.05) is 0 Å². The zero-order valence-electron chi connectivity index (χ0n) is 20.8. The summed E-state index contributed by atoms with van der Waals surface area (Å²) in [4.78, 5) is 0. The highest BCUT2D eigenvalue weighted by molar-refractivity contribution is 7.58. The van der Waals surface area contributed by atoms with Crippen LogP contribution in [0.2, 0.25) is 19.6 Å². The summed E-state index contributed by atoms with van der Waals surface area (Å²) in [7, 11) is -5.63. The quantitative estimate of drug-likeness (QED) is 0.179. The smallest absolute Gasteiger partial charge is 0.415 e. The lowest BCUT2D eigenvalue weighted by Crippen LogP contribution is -2.41. The maximum absolute atomic E-state index is 15.0. The number of benzene rings is 5. The van der Waals surface area contributed by atoms with Crippen molar-refractivity contribution in [2.45, 2.75) is 31.3 Å². The standard InChI is InChI=1S/C31H29O3PSi/c1-36(2,3)29(21-22-11-5-4-6-12-22)35(32)33-27-19-17-23-13-7-9-15-25(23)30(27)31-26-16-10-8-14-24(26)18-20-28(31)34-35/h4-20,29H,21H2,1-3H3/t29-/m0/s1. The average molecular weight is 509 g/mol. The monoisotopic (exact) mass is 508 g/mol. The first-order chi connectivity index (χ1) is 17.3. The van der Waals surface area contributed by atoms with Gasteiger partial charge in [0.05, 0.1) is 13.4 Å². The highest BCUT2D eigenvalue weighted by atomic mass is 31.2. The van der Waals surface area contributed by atoms with Gasteiger partial charge in [0.1, 0.15) is 11.5 Å². The molecule has 0 saturated carbocycles. The van der Waals surface area contributed by atoms with E-state index in [0.717, 1.165) is 38.2 Å². The van der Waals surface area contributed by atoms with Crippen LogP contribution in [0.5, 0.6) is 11.5 Å². The third-order valence-electron chi connectivity index (χ3n) is 7.14. The molecule has 0 bridgehead atoms. The summed E-state index contributed by atoms with van der Waals surface area (Å²) in [6, 6.07) is 34.9. The molecule has 0 unspecified atom stereocenters. The van der Waals surface area contributed by atoms with Gasteiger partial charge in [-0.15, -0.1) is 0 Å². The van der Waals surface area contributed by atoms with Crippen LogP contribution in [-0.4, -0.2) is 13.4 Å². The Kier molecular flexibility index (Phi) is 5.55. The molecule has 0 fully saturated rings. The summed E-state index contributed by atoms with van der Waals surface area (Å²) in [5.41, 5.74) is 3.05. The van der Waals surface area contributed by atoms with Crippen LogP contribution in [0.25, 0.3) is 32.7 Å². The maximum Gasteiger partial charge on any atom is 0.431 e. The van der Waals surface area contributed by atoms with Gasteiger partial charge in [-0.05, 0) is 45.7 Å². The van der Waals surface area contributed by atoms with Gasteiger partial charge in [0.2, 0.25) is 0 Å². The minimum absolute atomic E-state index is 0.218. The molecule has 6 rings (SSSR count). The van der Waals surface area contributed by atoms with Gasteiger partial charge in [-0.2, -0.15) is 0 Å². The first kappa shape index (κ1) is 23.1. The van der Waals surface area contributed by atoms with Gasteiger partial charge in [0, 0.05) is 11.1 Å². The lowest BCUT2D eigenvalue weighted by Gasteiger charge is -2.34. The van der Waals surface area contributed by atoms with E-state index < -0.39 is 15.7 Å². The van der Waals surface area contributed by atoms with Crippen molar-refractivity contribution in [3.63, 3.8) is 0 Å². The minimum atomic E-state index is -3.61. The van der Waals surface area contributed by atoms with Crippen LogP contribution in [0.1, 0.15) is 5.56 Å². The van der Waals surface area contributed by atoms with E-state index in [1.54, 1.807) is 0 Å². The molecule has 0 amide bonds. The fourth-order valence-corrected chi connectivity index (χ4v) is 11.9. The maximum atomic E-state index is 15.0. The van der Waals surface area contributed by atoms with Gasteiger partial charge in [0.25, 0.3) is 0 Å². The first-order valence-electron chi connectivity index (χ1n) is 12.4. The predicted molar refractivity (Wildman–Crippen MR) is 153 cm³/mol. The summed E-state index contributed by atoms with van der Waals surface area (Å²) >= 11 is 0. The highest BCUT2D eigenvalue weighted by Gasteiger charge is 2.49. The van der Waals surface area contributed by atoms with Crippen molar-refractivity contribution in [2.24, 2.45) is 0 Å². The molecule has 5 aromatic rings. The third-order valence-corrected chi connectivity index (χ3v) is 14.5. The molecule has 0 spiro atoms. The lowest BCUT2D eigenvalue weighted by molar-refractivity contribution is 0.385. The van der Waals surface area contributed by atoms with Crippen LogP contribution < -0.4 is 9.05 Å². The molecule has 0 saturated heterocycles. The zero-order chi connectivity index (χ0) is 24.9. The van der Waals surface area contributed by atoms with E-state index in [2.05, 4.69) is 68.2 Å². The van der Waals surface area contributed by atoms with Crippen molar-refractivity contribution < 1.29 is 13.6 Å². The van der Waals surface area contributed by atoms with E-state index in [4.69, 9.17) is 9.05 Å². The summed E-state index contributed by atoms with van der Waals surface area (Å²) in [6.07, 6.45) is 0.652. The van der Waals surface area contributed by atoms with E-state index in [-0.39, 0.29) is 5.28 Å². The summed E-state index contributed by atoms with van der Waals surface area (Å²) in [5, 5.41) is 4.14. The number of rotatable bonds is 4. The van der Waals surface area contributed by atoms with Gasteiger partial charge in [-0.3, -0.25) is 0 Å². The van der Waals surface area contributed by atoms with Crippen LogP contribution in [0.4, 0.5) is 0 Å². The van der Waals surface area contributed by atoms with Crippen molar-refractivity contribution in [1.29, 1.82) is 0 Å². The molecule has 180 valence electrons. The van der Waals surface area contributed by atoms with E-state index >= 15 is 0 Å². The summed E-state index contributed by atoms with van der Waals surface area (Å²) < 4.78 is 28.2. The van der Waals surface area contributed by atoms with Gasteiger partial charge in [0.15, 0.2) is 0 Å². The average Bonchev–Trinajstić information content (AvgIpc) is 3.01. The van der Waals surface area contributed by atoms with Crippen molar-refractivity contribution >= 4 is 37.2 Å². The molecule has 5 aromatic carbocycles. The Labute approximate surface area is 213 Å². The molecular formula is C31H29O3PSi. The van der Waals surface area contributed by atoms with Gasteiger partial charge in [-0.1, -0.05) is 111 Å². The van der Waals surface area contributed by atoms with Crippen molar-refractivity contribution in [3.8, 4) is 22.6 Å². The fourth-order valence-electron chi connectivity index (χ4n) is 5.32. The molecule has 0 aliphatic carbocycles. The molecule has 5 heteroatoms.